The molecule has 1 aromatic carbocycles. The fourth-order valence-electron chi connectivity index (χ4n) is 2.02. The van der Waals surface area contributed by atoms with Crippen molar-refractivity contribution in [2.75, 3.05) is 6.54 Å². The average Bonchev–Trinajstić information content (AvgIpc) is 2.37. The van der Waals surface area contributed by atoms with Gasteiger partial charge in [0, 0.05) is 5.56 Å². The van der Waals surface area contributed by atoms with Crippen LogP contribution >= 0.6 is 0 Å². The molecule has 1 aromatic rings. The summed E-state index contributed by atoms with van der Waals surface area (Å²) in [5.41, 5.74) is -0.709. The van der Waals surface area contributed by atoms with Gasteiger partial charge in [0.1, 0.15) is 5.82 Å². The van der Waals surface area contributed by atoms with Gasteiger partial charge in [0.2, 0.25) is 0 Å². The van der Waals surface area contributed by atoms with E-state index in [1.807, 2.05) is 6.08 Å². The molecule has 1 aliphatic carbocycles. The standard InChI is InChI=1S/C14H16FNO2/c15-12-6-4-5-11(9-12)13(17)16-10-14(18)7-2-1-3-8-14/h2,4-7,9,18H,1,3,8,10H2,(H,16,17). The maximum atomic E-state index is 13.0. The van der Waals surface area contributed by atoms with E-state index in [0.717, 1.165) is 12.8 Å². The normalized spacial score (nSPS) is 22.8. The summed E-state index contributed by atoms with van der Waals surface area (Å²) in [5, 5.41) is 12.8. The summed E-state index contributed by atoms with van der Waals surface area (Å²) in [6.07, 6.45) is 6.14. The van der Waals surface area contributed by atoms with E-state index in [1.165, 1.54) is 18.2 Å². The van der Waals surface area contributed by atoms with Crippen LogP contribution in [0.3, 0.4) is 0 Å². The van der Waals surface area contributed by atoms with Gasteiger partial charge in [0.25, 0.3) is 5.91 Å². The number of hydrogen-bond donors (Lipinski definition) is 2. The molecule has 2 rings (SSSR count). The van der Waals surface area contributed by atoms with Crippen molar-refractivity contribution >= 4 is 5.91 Å². The summed E-state index contributed by atoms with van der Waals surface area (Å²) in [7, 11) is 0. The highest BCUT2D eigenvalue weighted by molar-refractivity contribution is 5.94. The van der Waals surface area contributed by atoms with Crippen LogP contribution in [0.15, 0.2) is 36.4 Å². The van der Waals surface area contributed by atoms with Gasteiger partial charge in [-0.25, -0.2) is 4.39 Å². The highest BCUT2D eigenvalue weighted by atomic mass is 19.1. The summed E-state index contributed by atoms with van der Waals surface area (Å²) < 4.78 is 13.0. The first-order valence-electron chi connectivity index (χ1n) is 6.03. The molecule has 0 spiro atoms. The van der Waals surface area contributed by atoms with Crippen LogP contribution in [0.1, 0.15) is 29.6 Å². The molecule has 18 heavy (non-hydrogen) atoms. The number of nitrogens with one attached hydrogen (secondary N) is 1. The molecule has 3 nitrogen and oxygen atoms in total. The lowest BCUT2D eigenvalue weighted by Crippen LogP contribution is -2.42. The molecule has 0 aliphatic heterocycles. The van der Waals surface area contributed by atoms with Gasteiger partial charge in [-0.1, -0.05) is 18.2 Å². The van der Waals surface area contributed by atoms with Crippen molar-refractivity contribution in [1.82, 2.24) is 5.32 Å². The van der Waals surface area contributed by atoms with Crippen LogP contribution in [0.25, 0.3) is 0 Å². The van der Waals surface area contributed by atoms with Gasteiger partial charge in [-0.3, -0.25) is 4.79 Å². The fraction of sp³-hybridized carbons (Fsp3) is 0.357. The maximum absolute atomic E-state index is 13.0. The number of benzene rings is 1. The van der Waals surface area contributed by atoms with Crippen molar-refractivity contribution in [3.63, 3.8) is 0 Å². The second-order valence-corrected chi connectivity index (χ2v) is 4.59. The molecule has 0 heterocycles. The van der Waals surface area contributed by atoms with Gasteiger partial charge in [-0.2, -0.15) is 0 Å². The second-order valence-electron chi connectivity index (χ2n) is 4.59. The zero-order valence-corrected chi connectivity index (χ0v) is 10.0. The topological polar surface area (TPSA) is 49.3 Å². The van der Waals surface area contributed by atoms with Crippen molar-refractivity contribution in [3.8, 4) is 0 Å². The van der Waals surface area contributed by atoms with Crippen LogP contribution in [-0.4, -0.2) is 23.2 Å². The maximum Gasteiger partial charge on any atom is 0.251 e. The van der Waals surface area contributed by atoms with Crippen LogP contribution in [-0.2, 0) is 0 Å². The predicted molar refractivity (Wildman–Crippen MR) is 66.7 cm³/mol. The van der Waals surface area contributed by atoms with Crippen molar-refractivity contribution in [2.45, 2.75) is 24.9 Å². The molecule has 4 heteroatoms. The van der Waals surface area contributed by atoms with Gasteiger partial charge in [-0.15, -0.1) is 0 Å². The quantitative estimate of drug-likeness (QED) is 0.805. The largest absolute Gasteiger partial charge is 0.384 e. The third-order valence-electron chi connectivity index (χ3n) is 3.05. The highest BCUT2D eigenvalue weighted by Crippen LogP contribution is 2.21. The van der Waals surface area contributed by atoms with Crippen molar-refractivity contribution in [3.05, 3.63) is 47.8 Å². The molecular formula is C14H16FNO2. The SMILES string of the molecule is O=C(NCC1(O)C=CCCC1)c1cccc(F)c1. The Bertz CT molecular complexity index is 473. The molecule has 2 N–H and O–H groups in total. The molecule has 1 atom stereocenters. The Balaban J connectivity index is 1.96. The van der Waals surface area contributed by atoms with E-state index in [1.54, 1.807) is 12.1 Å². The van der Waals surface area contributed by atoms with E-state index in [0.29, 0.717) is 6.42 Å². The summed E-state index contributed by atoms with van der Waals surface area (Å²) in [4.78, 5) is 11.8. The Labute approximate surface area is 105 Å². The third-order valence-corrected chi connectivity index (χ3v) is 3.05. The minimum absolute atomic E-state index is 0.152. The third kappa shape index (κ3) is 3.17. The van der Waals surface area contributed by atoms with E-state index in [9.17, 15) is 14.3 Å². The lowest BCUT2D eigenvalue weighted by atomic mass is 9.91. The van der Waals surface area contributed by atoms with Crippen molar-refractivity contribution in [2.24, 2.45) is 0 Å². The second kappa shape index (κ2) is 5.31. The van der Waals surface area contributed by atoms with E-state index < -0.39 is 11.4 Å². The number of aliphatic hydroxyl groups is 1. The molecule has 0 radical (unpaired) electrons. The number of hydrogen-bond acceptors (Lipinski definition) is 2. The van der Waals surface area contributed by atoms with Crippen molar-refractivity contribution < 1.29 is 14.3 Å². The summed E-state index contributed by atoms with van der Waals surface area (Å²) in [6, 6.07) is 5.49. The number of halogens is 1. The molecular weight excluding hydrogens is 233 g/mol. The van der Waals surface area contributed by atoms with Gasteiger partial charge in [0.15, 0.2) is 0 Å². The first kappa shape index (κ1) is 12.8. The first-order valence-corrected chi connectivity index (χ1v) is 6.03. The molecule has 0 aromatic heterocycles. The molecule has 96 valence electrons. The minimum atomic E-state index is -0.971. The molecule has 0 saturated heterocycles. The number of carbonyl (C=O) groups excluding carboxylic acids is 1. The Morgan fingerprint density at radius 2 is 2.33 bits per heavy atom. The highest BCUT2D eigenvalue weighted by Gasteiger charge is 2.25. The van der Waals surface area contributed by atoms with E-state index >= 15 is 0 Å². The molecule has 1 unspecified atom stereocenters. The Morgan fingerprint density at radius 3 is 3.00 bits per heavy atom. The van der Waals surface area contributed by atoms with Crippen LogP contribution in [0, 0.1) is 5.82 Å². The zero-order chi connectivity index (χ0) is 13.0. The fourth-order valence-corrected chi connectivity index (χ4v) is 2.02. The summed E-state index contributed by atoms with van der Waals surface area (Å²) in [5.74, 6) is -0.819. The lowest BCUT2D eigenvalue weighted by Gasteiger charge is -2.27. The molecule has 1 aliphatic rings. The van der Waals surface area contributed by atoms with Gasteiger partial charge < -0.3 is 10.4 Å². The Morgan fingerprint density at radius 1 is 1.50 bits per heavy atom. The van der Waals surface area contributed by atoms with Gasteiger partial charge >= 0.3 is 0 Å². The summed E-state index contributed by atoms with van der Waals surface area (Å²) in [6.45, 7) is 0.152. The number of carbonyl (C=O) groups is 1. The number of rotatable bonds is 3. The van der Waals surface area contributed by atoms with Crippen LogP contribution < -0.4 is 5.32 Å². The van der Waals surface area contributed by atoms with Crippen LogP contribution in [0.2, 0.25) is 0 Å². The van der Waals surface area contributed by atoms with E-state index in [2.05, 4.69) is 5.32 Å². The summed E-state index contributed by atoms with van der Waals surface area (Å²) >= 11 is 0. The average molecular weight is 249 g/mol. The van der Waals surface area contributed by atoms with Gasteiger partial charge in [0.05, 0.1) is 12.1 Å². The zero-order valence-electron chi connectivity index (χ0n) is 10.0. The first-order chi connectivity index (χ1) is 8.59. The van der Waals surface area contributed by atoms with E-state index in [-0.39, 0.29) is 18.0 Å². The Hall–Kier alpha value is -1.68. The molecule has 0 fully saturated rings. The van der Waals surface area contributed by atoms with Crippen molar-refractivity contribution in [1.29, 1.82) is 0 Å². The van der Waals surface area contributed by atoms with Crippen LogP contribution in [0.5, 0.6) is 0 Å². The number of amides is 1. The van der Waals surface area contributed by atoms with Gasteiger partial charge in [-0.05, 0) is 37.5 Å². The van der Waals surface area contributed by atoms with E-state index in [4.69, 9.17) is 0 Å². The number of allylic oxidation sites excluding steroid dienone is 1. The minimum Gasteiger partial charge on any atom is -0.384 e. The smallest absolute Gasteiger partial charge is 0.251 e. The molecule has 0 bridgehead atoms. The van der Waals surface area contributed by atoms with Crippen LogP contribution in [0.4, 0.5) is 4.39 Å². The lowest BCUT2D eigenvalue weighted by molar-refractivity contribution is 0.0660. The Kier molecular flexibility index (Phi) is 3.77. The molecule has 1 amide bonds. The predicted octanol–water partition coefficient (Wildman–Crippen LogP) is 2.03. The molecule has 0 saturated carbocycles. The monoisotopic (exact) mass is 249 g/mol.